The van der Waals surface area contributed by atoms with Crippen molar-refractivity contribution in [1.29, 1.82) is 0 Å². The molecule has 1 fully saturated rings. The Kier molecular flexibility index (Phi) is 4.79. The van der Waals surface area contributed by atoms with Gasteiger partial charge in [-0.1, -0.05) is 24.3 Å². The molecule has 1 saturated heterocycles. The van der Waals surface area contributed by atoms with Gasteiger partial charge in [0, 0.05) is 35.6 Å². The molecule has 142 valence electrons. The van der Waals surface area contributed by atoms with Crippen LogP contribution in [0.5, 0.6) is 0 Å². The Labute approximate surface area is 159 Å². The maximum atomic E-state index is 12.4. The van der Waals surface area contributed by atoms with E-state index < -0.39 is 0 Å². The lowest BCUT2D eigenvalue weighted by molar-refractivity contribution is -0.137. The second kappa shape index (κ2) is 7.24. The highest BCUT2D eigenvalue weighted by atomic mass is 16.5. The van der Waals surface area contributed by atoms with Gasteiger partial charge in [0.05, 0.1) is 32.1 Å². The normalized spacial score (nSPS) is 25.6. The van der Waals surface area contributed by atoms with Crippen molar-refractivity contribution < 1.29 is 14.3 Å². The van der Waals surface area contributed by atoms with Crippen LogP contribution in [0.2, 0.25) is 0 Å². The van der Waals surface area contributed by atoms with Gasteiger partial charge >= 0.3 is 5.97 Å². The third-order valence-corrected chi connectivity index (χ3v) is 6.08. The van der Waals surface area contributed by atoms with Gasteiger partial charge in [0.1, 0.15) is 0 Å². The van der Waals surface area contributed by atoms with E-state index in [1.165, 1.54) is 35.5 Å². The molecule has 0 saturated carbocycles. The topological polar surface area (TPSA) is 54.6 Å². The largest absolute Gasteiger partial charge is 0.504 e. The van der Waals surface area contributed by atoms with Crippen LogP contribution in [-0.2, 0) is 20.7 Å². The number of benzene rings is 1. The van der Waals surface area contributed by atoms with E-state index in [1.807, 2.05) is 6.08 Å². The molecule has 4 rings (SSSR count). The molecule has 2 aromatic rings. The second-order valence-electron chi connectivity index (χ2n) is 7.37. The van der Waals surface area contributed by atoms with Gasteiger partial charge in [-0.25, -0.2) is 4.79 Å². The van der Waals surface area contributed by atoms with Crippen LogP contribution in [0.15, 0.2) is 48.8 Å². The predicted molar refractivity (Wildman–Crippen MR) is 105 cm³/mol. The molecule has 5 heteroatoms. The van der Waals surface area contributed by atoms with Crippen LogP contribution in [-0.4, -0.2) is 43.2 Å². The van der Waals surface area contributed by atoms with Gasteiger partial charge < -0.3 is 14.5 Å². The van der Waals surface area contributed by atoms with Gasteiger partial charge in [0.2, 0.25) is 0 Å². The van der Waals surface area contributed by atoms with E-state index >= 15 is 0 Å². The number of methoxy groups -OCH3 is 2. The molecule has 2 aliphatic heterocycles. The molecule has 0 radical (unpaired) electrons. The Morgan fingerprint density at radius 1 is 1.33 bits per heavy atom. The average Bonchev–Trinajstić information content (AvgIpc) is 3.09. The fourth-order valence-electron chi connectivity index (χ4n) is 4.80. The molecule has 0 aliphatic carbocycles. The number of piperidine rings is 1. The van der Waals surface area contributed by atoms with Crippen LogP contribution in [0.3, 0.4) is 0 Å². The molecule has 1 N–H and O–H groups in total. The number of para-hydroxylation sites is 1. The van der Waals surface area contributed by atoms with Crippen LogP contribution in [0.1, 0.15) is 23.7 Å². The van der Waals surface area contributed by atoms with E-state index in [9.17, 15) is 4.79 Å². The first kappa shape index (κ1) is 17.9. The van der Waals surface area contributed by atoms with E-state index in [-0.39, 0.29) is 23.8 Å². The van der Waals surface area contributed by atoms with Crippen molar-refractivity contribution in [1.82, 2.24) is 9.88 Å². The summed E-state index contributed by atoms with van der Waals surface area (Å²) in [5.41, 5.74) is 4.48. The molecule has 5 nitrogen and oxygen atoms in total. The predicted octanol–water partition coefficient (Wildman–Crippen LogP) is 3.59. The first-order valence-corrected chi connectivity index (χ1v) is 9.45. The summed E-state index contributed by atoms with van der Waals surface area (Å²) in [6, 6.07) is 8.74. The Morgan fingerprint density at radius 2 is 2.15 bits per heavy atom. The molecule has 1 aromatic carbocycles. The Morgan fingerprint density at radius 3 is 2.89 bits per heavy atom. The highest BCUT2D eigenvalue weighted by molar-refractivity contribution is 5.89. The number of esters is 1. The number of hydrogen-bond acceptors (Lipinski definition) is 4. The maximum absolute atomic E-state index is 12.4. The van der Waals surface area contributed by atoms with Crippen LogP contribution in [0.4, 0.5) is 0 Å². The quantitative estimate of drug-likeness (QED) is 0.389. The van der Waals surface area contributed by atoms with Gasteiger partial charge in [-0.3, -0.25) is 4.90 Å². The maximum Gasteiger partial charge on any atom is 0.337 e. The van der Waals surface area contributed by atoms with Crippen molar-refractivity contribution in [3.8, 4) is 0 Å². The van der Waals surface area contributed by atoms with Crippen molar-refractivity contribution in [3.63, 3.8) is 0 Å². The fourth-order valence-corrected chi connectivity index (χ4v) is 4.80. The summed E-state index contributed by atoms with van der Waals surface area (Å²) >= 11 is 0. The lowest BCUT2D eigenvalue weighted by Gasteiger charge is -2.45. The molecule has 27 heavy (non-hydrogen) atoms. The molecule has 0 spiro atoms. The summed E-state index contributed by atoms with van der Waals surface area (Å²) in [6.45, 7) is 5.93. The minimum atomic E-state index is -0.324. The first-order chi connectivity index (χ1) is 13.2. The van der Waals surface area contributed by atoms with E-state index in [0.29, 0.717) is 5.57 Å². The number of aromatic nitrogens is 1. The zero-order valence-corrected chi connectivity index (χ0v) is 15.9. The molecule has 3 atom stereocenters. The highest BCUT2D eigenvalue weighted by Gasteiger charge is 2.42. The van der Waals surface area contributed by atoms with Gasteiger partial charge in [0.15, 0.2) is 0 Å². The van der Waals surface area contributed by atoms with Gasteiger partial charge in [-0.15, -0.1) is 6.58 Å². The Balaban J connectivity index is 1.74. The lowest BCUT2D eigenvalue weighted by Crippen LogP contribution is -2.46. The van der Waals surface area contributed by atoms with Crippen molar-refractivity contribution >= 4 is 16.9 Å². The monoisotopic (exact) mass is 366 g/mol. The molecule has 0 amide bonds. The number of nitrogens with zero attached hydrogens (tertiary/aromatic N) is 1. The molecule has 0 bridgehead atoms. The molecular formula is C22H26N2O3. The van der Waals surface area contributed by atoms with E-state index in [1.54, 1.807) is 7.11 Å². The summed E-state index contributed by atoms with van der Waals surface area (Å²) in [4.78, 5) is 18.5. The number of H-pyrrole nitrogens is 1. The minimum absolute atomic E-state index is 0.0218. The number of fused-ring (bicyclic) bond motifs is 5. The molecule has 3 heterocycles. The number of hydrogen-bond donors (Lipinski definition) is 1. The summed E-state index contributed by atoms with van der Waals surface area (Å²) < 4.78 is 10.2. The lowest BCUT2D eigenvalue weighted by atomic mass is 9.75. The van der Waals surface area contributed by atoms with E-state index in [4.69, 9.17) is 9.47 Å². The zero-order valence-electron chi connectivity index (χ0n) is 15.9. The van der Waals surface area contributed by atoms with E-state index in [0.717, 1.165) is 25.9 Å². The van der Waals surface area contributed by atoms with Crippen molar-refractivity contribution in [2.24, 2.45) is 11.8 Å². The number of ether oxygens (including phenoxy) is 2. The summed E-state index contributed by atoms with van der Waals surface area (Å²) in [5, 5.41) is 1.31. The second-order valence-corrected chi connectivity index (χ2v) is 7.37. The molecule has 2 aliphatic rings. The van der Waals surface area contributed by atoms with Gasteiger partial charge in [0.25, 0.3) is 0 Å². The summed E-state index contributed by atoms with van der Waals surface area (Å²) in [6.07, 6.45) is 5.38. The SMILES string of the molecule is C=CC1CN2CCc3c([nH]c4ccccc34)[C@H]2C[C@@H]1/C(=C\OC)C(=O)OC. The van der Waals surface area contributed by atoms with Gasteiger partial charge in [-0.05, 0) is 30.4 Å². The van der Waals surface area contributed by atoms with Crippen molar-refractivity contribution in [2.75, 3.05) is 27.3 Å². The number of carbonyl (C=O) groups excluding carboxylic acids is 1. The zero-order chi connectivity index (χ0) is 19.0. The van der Waals surface area contributed by atoms with Gasteiger partial charge in [-0.2, -0.15) is 0 Å². The van der Waals surface area contributed by atoms with Crippen molar-refractivity contribution in [3.05, 3.63) is 60.0 Å². The minimum Gasteiger partial charge on any atom is -0.504 e. The third-order valence-electron chi connectivity index (χ3n) is 6.08. The Hall–Kier alpha value is -2.53. The smallest absolute Gasteiger partial charge is 0.337 e. The van der Waals surface area contributed by atoms with Crippen molar-refractivity contribution in [2.45, 2.75) is 18.9 Å². The highest BCUT2D eigenvalue weighted by Crippen LogP contribution is 2.45. The molecule has 1 unspecified atom stereocenters. The number of nitrogens with one attached hydrogen (secondary N) is 1. The first-order valence-electron chi connectivity index (χ1n) is 9.45. The number of aromatic amines is 1. The van der Waals surface area contributed by atoms with Crippen LogP contribution in [0.25, 0.3) is 10.9 Å². The van der Waals surface area contributed by atoms with Crippen LogP contribution in [0, 0.1) is 11.8 Å². The third kappa shape index (κ3) is 2.96. The molecular weight excluding hydrogens is 340 g/mol. The Bertz CT molecular complexity index is 898. The standard InChI is InChI=1S/C22H26N2O3/c1-4-14-12-24-10-9-16-15-7-5-6-8-19(15)23-21(16)20(24)11-17(14)18(13-26-2)22(25)27-3/h4-8,13-14,17,20,23H,1,9-12H2,2-3H3/b18-13+/t14?,17-,20+/m0/s1. The molecule has 1 aromatic heterocycles. The summed E-state index contributed by atoms with van der Waals surface area (Å²) in [7, 11) is 2.98. The van der Waals surface area contributed by atoms with E-state index in [2.05, 4.69) is 40.7 Å². The summed E-state index contributed by atoms with van der Waals surface area (Å²) in [5.74, 6) is -0.115. The van der Waals surface area contributed by atoms with Crippen LogP contribution < -0.4 is 0 Å². The number of rotatable bonds is 4. The average molecular weight is 366 g/mol. The van der Waals surface area contributed by atoms with Crippen LogP contribution >= 0.6 is 0 Å². The number of carbonyl (C=O) groups is 1. The fraction of sp³-hybridized carbons (Fsp3) is 0.409.